The molecule has 1 fully saturated rings. The largest absolute Gasteiger partial charge is 0.389 e. The van der Waals surface area contributed by atoms with Gasteiger partial charge in [0, 0.05) is 23.7 Å². The fourth-order valence-electron chi connectivity index (χ4n) is 2.33. The van der Waals surface area contributed by atoms with Gasteiger partial charge in [-0.15, -0.1) is 0 Å². The number of halogens is 2. The van der Waals surface area contributed by atoms with Gasteiger partial charge in [0.1, 0.15) is 5.82 Å². The number of aliphatic hydroxyl groups is 1. The lowest BCUT2D eigenvalue weighted by molar-refractivity contribution is 0.0474. The second kappa shape index (κ2) is 5.34. The molecule has 0 radical (unpaired) electrons. The minimum absolute atomic E-state index is 0.302. The Bertz CT molecular complexity index is 371. The van der Waals surface area contributed by atoms with Crippen LogP contribution in [0.5, 0.6) is 0 Å². The van der Waals surface area contributed by atoms with E-state index >= 15 is 0 Å². The highest BCUT2D eigenvalue weighted by Gasteiger charge is 2.30. The van der Waals surface area contributed by atoms with Crippen LogP contribution >= 0.6 is 11.6 Å². The number of hydrogen-bond acceptors (Lipinski definition) is 2. The highest BCUT2D eigenvalue weighted by molar-refractivity contribution is 6.31. The third-order valence-electron chi connectivity index (χ3n) is 3.35. The summed E-state index contributed by atoms with van der Waals surface area (Å²) in [6, 6.07) is 4.66. The molecule has 0 saturated heterocycles. The first-order valence-electron chi connectivity index (χ1n) is 5.97. The van der Waals surface area contributed by atoms with Gasteiger partial charge in [0.05, 0.1) is 5.60 Å². The molecule has 2 N–H and O–H groups in total. The molecule has 1 aliphatic rings. The topological polar surface area (TPSA) is 32.3 Å². The summed E-state index contributed by atoms with van der Waals surface area (Å²) in [5, 5.41) is 13.6. The standard InChI is InChI=1S/C13H17ClFNO/c14-11-4-3-5-12(15)10(11)8-16-9-13(17)6-1-2-7-13/h3-5,16-17H,1-2,6-9H2. The third-order valence-corrected chi connectivity index (χ3v) is 3.71. The smallest absolute Gasteiger partial charge is 0.129 e. The van der Waals surface area contributed by atoms with Crippen molar-refractivity contribution in [2.45, 2.75) is 37.8 Å². The van der Waals surface area contributed by atoms with Gasteiger partial charge in [0.2, 0.25) is 0 Å². The molecule has 0 spiro atoms. The molecular formula is C13H17ClFNO. The van der Waals surface area contributed by atoms with Gasteiger partial charge >= 0.3 is 0 Å². The van der Waals surface area contributed by atoms with Crippen LogP contribution < -0.4 is 5.32 Å². The van der Waals surface area contributed by atoms with Crippen LogP contribution in [0.4, 0.5) is 4.39 Å². The van der Waals surface area contributed by atoms with Crippen molar-refractivity contribution in [2.24, 2.45) is 0 Å². The summed E-state index contributed by atoms with van der Waals surface area (Å²) in [7, 11) is 0. The van der Waals surface area contributed by atoms with E-state index in [-0.39, 0.29) is 5.82 Å². The van der Waals surface area contributed by atoms with Crippen molar-refractivity contribution in [2.75, 3.05) is 6.54 Å². The Morgan fingerprint density at radius 1 is 1.35 bits per heavy atom. The lowest BCUT2D eigenvalue weighted by Gasteiger charge is -2.22. The summed E-state index contributed by atoms with van der Waals surface area (Å²) < 4.78 is 13.5. The molecule has 0 unspecified atom stereocenters. The van der Waals surface area contributed by atoms with E-state index in [0.29, 0.717) is 23.7 Å². The van der Waals surface area contributed by atoms with E-state index < -0.39 is 5.60 Å². The molecule has 4 heteroatoms. The minimum atomic E-state index is -0.613. The maximum Gasteiger partial charge on any atom is 0.129 e. The summed E-state index contributed by atoms with van der Waals surface area (Å²) in [6.45, 7) is 0.853. The fraction of sp³-hybridized carbons (Fsp3) is 0.538. The van der Waals surface area contributed by atoms with Crippen molar-refractivity contribution in [3.8, 4) is 0 Å². The zero-order valence-corrected chi connectivity index (χ0v) is 10.4. The zero-order valence-electron chi connectivity index (χ0n) is 9.68. The molecule has 2 nitrogen and oxygen atoms in total. The van der Waals surface area contributed by atoms with E-state index in [4.69, 9.17) is 11.6 Å². The maximum atomic E-state index is 13.5. The highest BCUT2D eigenvalue weighted by Crippen LogP contribution is 2.28. The molecule has 1 aromatic carbocycles. The minimum Gasteiger partial charge on any atom is -0.389 e. The van der Waals surface area contributed by atoms with Gasteiger partial charge in [-0.25, -0.2) is 4.39 Å². The van der Waals surface area contributed by atoms with Crippen LogP contribution in [0.3, 0.4) is 0 Å². The molecule has 94 valence electrons. The van der Waals surface area contributed by atoms with Crippen LogP contribution in [0, 0.1) is 5.82 Å². The monoisotopic (exact) mass is 257 g/mol. The Hall–Kier alpha value is -0.640. The Kier molecular flexibility index (Phi) is 4.02. The molecule has 0 atom stereocenters. The van der Waals surface area contributed by atoms with Crippen LogP contribution in [0.25, 0.3) is 0 Å². The normalized spacial score (nSPS) is 18.5. The first-order valence-corrected chi connectivity index (χ1v) is 6.34. The second-order valence-electron chi connectivity index (χ2n) is 4.74. The van der Waals surface area contributed by atoms with Crippen molar-refractivity contribution in [3.63, 3.8) is 0 Å². The molecule has 2 rings (SSSR count). The average molecular weight is 258 g/mol. The van der Waals surface area contributed by atoms with Gasteiger partial charge in [0.15, 0.2) is 0 Å². The third kappa shape index (κ3) is 3.18. The Morgan fingerprint density at radius 3 is 2.71 bits per heavy atom. The second-order valence-corrected chi connectivity index (χ2v) is 5.14. The fourth-order valence-corrected chi connectivity index (χ4v) is 2.56. The molecule has 0 heterocycles. The molecule has 0 bridgehead atoms. The highest BCUT2D eigenvalue weighted by atomic mass is 35.5. The summed E-state index contributed by atoms with van der Waals surface area (Å²) in [5.41, 5.74) is -0.145. The SMILES string of the molecule is OC1(CNCc2c(F)cccc2Cl)CCCC1. The predicted octanol–water partition coefficient (Wildman–Crippen LogP) is 2.87. The number of benzene rings is 1. The van der Waals surface area contributed by atoms with E-state index in [2.05, 4.69) is 5.32 Å². The number of hydrogen-bond donors (Lipinski definition) is 2. The maximum absolute atomic E-state index is 13.5. The quantitative estimate of drug-likeness (QED) is 0.869. The van der Waals surface area contributed by atoms with Gasteiger partial charge in [-0.05, 0) is 25.0 Å². The van der Waals surface area contributed by atoms with Crippen molar-refractivity contribution in [3.05, 3.63) is 34.6 Å². The molecule has 0 amide bonds. The first kappa shape index (κ1) is 12.8. The molecule has 0 aliphatic heterocycles. The van der Waals surface area contributed by atoms with Gasteiger partial charge in [-0.2, -0.15) is 0 Å². The number of nitrogens with one attached hydrogen (secondary N) is 1. The average Bonchev–Trinajstić information content (AvgIpc) is 2.70. The van der Waals surface area contributed by atoms with Crippen LogP contribution in [-0.2, 0) is 6.54 Å². The Balaban J connectivity index is 1.90. The molecule has 1 aromatic rings. The molecule has 1 aliphatic carbocycles. The summed E-state index contributed by atoms with van der Waals surface area (Å²) in [4.78, 5) is 0. The van der Waals surface area contributed by atoms with Crippen molar-refractivity contribution < 1.29 is 9.50 Å². The molecular weight excluding hydrogens is 241 g/mol. The summed E-state index contributed by atoms with van der Waals surface area (Å²) in [5.74, 6) is -0.302. The van der Waals surface area contributed by atoms with Crippen molar-refractivity contribution >= 4 is 11.6 Å². The lowest BCUT2D eigenvalue weighted by atomic mass is 10.0. The Morgan fingerprint density at radius 2 is 2.06 bits per heavy atom. The van der Waals surface area contributed by atoms with E-state index in [1.807, 2.05) is 0 Å². The Labute approximate surface area is 106 Å². The predicted molar refractivity (Wildman–Crippen MR) is 66.5 cm³/mol. The molecule has 0 aromatic heterocycles. The van der Waals surface area contributed by atoms with Gasteiger partial charge in [-0.1, -0.05) is 30.5 Å². The van der Waals surface area contributed by atoms with Crippen molar-refractivity contribution in [1.82, 2.24) is 5.32 Å². The molecule has 17 heavy (non-hydrogen) atoms. The van der Waals surface area contributed by atoms with Crippen LogP contribution in [0.2, 0.25) is 5.02 Å². The zero-order chi connectivity index (χ0) is 12.3. The van der Waals surface area contributed by atoms with E-state index in [9.17, 15) is 9.50 Å². The summed E-state index contributed by atoms with van der Waals surface area (Å²) >= 11 is 5.92. The van der Waals surface area contributed by atoms with Crippen molar-refractivity contribution in [1.29, 1.82) is 0 Å². The van der Waals surface area contributed by atoms with E-state index in [1.165, 1.54) is 6.07 Å². The van der Waals surface area contributed by atoms with Crippen LogP contribution in [-0.4, -0.2) is 17.3 Å². The van der Waals surface area contributed by atoms with Gasteiger partial charge in [-0.3, -0.25) is 0 Å². The molecule has 1 saturated carbocycles. The first-order chi connectivity index (χ1) is 8.11. The van der Waals surface area contributed by atoms with E-state index in [1.54, 1.807) is 12.1 Å². The van der Waals surface area contributed by atoms with Crippen LogP contribution in [0.15, 0.2) is 18.2 Å². The van der Waals surface area contributed by atoms with Gasteiger partial charge < -0.3 is 10.4 Å². The lowest BCUT2D eigenvalue weighted by Crippen LogP contribution is -2.37. The van der Waals surface area contributed by atoms with Crippen LogP contribution in [0.1, 0.15) is 31.2 Å². The van der Waals surface area contributed by atoms with Gasteiger partial charge in [0.25, 0.3) is 0 Å². The summed E-state index contributed by atoms with van der Waals surface area (Å²) in [6.07, 6.45) is 3.78. The van der Waals surface area contributed by atoms with E-state index in [0.717, 1.165) is 25.7 Å². The number of rotatable bonds is 4.